The van der Waals surface area contributed by atoms with E-state index in [2.05, 4.69) is 35.8 Å². The summed E-state index contributed by atoms with van der Waals surface area (Å²) in [6, 6.07) is 13.9. The van der Waals surface area contributed by atoms with Crippen LogP contribution in [-0.4, -0.2) is 5.91 Å². The number of amides is 1. The molecule has 0 saturated carbocycles. The molecular formula is C17H18N2O. The third-order valence-corrected chi connectivity index (χ3v) is 3.68. The minimum atomic E-state index is -0.308. The van der Waals surface area contributed by atoms with Crippen molar-refractivity contribution in [2.24, 2.45) is 0 Å². The molecule has 0 aliphatic carbocycles. The van der Waals surface area contributed by atoms with Crippen molar-refractivity contribution in [2.45, 2.75) is 26.3 Å². The van der Waals surface area contributed by atoms with Crippen LogP contribution in [0.1, 0.15) is 29.7 Å². The summed E-state index contributed by atoms with van der Waals surface area (Å²) in [7, 11) is 0. The highest BCUT2D eigenvalue weighted by Crippen LogP contribution is 2.33. The molecule has 1 aliphatic heterocycles. The first-order valence-electron chi connectivity index (χ1n) is 6.94. The maximum absolute atomic E-state index is 12.1. The predicted octanol–water partition coefficient (Wildman–Crippen LogP) is 3.66. The van der Waals surface area contributed by atoms with Crippen LogP contribution in [0.5, 0.6) is 0 Å². The van der Waals surface area contributed by atoms with Crippen LogP contribution in [0.15, 0.2) is 42.5 Å². The van der Waals surface area contributed by atoms with E-state index in [1.807, 2.05) is 31.2 Å². The Morgan fingerprint density at radius 2 is 2.05 bits per heavy atom. The minimum absolute atomic E-state index is 0.00695. The molecule has 20 heavy (non-hydrogen) atoms. The third-order valence-electron chi connectivity index (χ3n) is 3.68. The van der Waals surface area contributed by atoms with E-state index in [0.717, 1.165) is 28.9 Å². The van der Waals surface area contributed by atoms with Crippen molar-refractivity contribution in [3.8, 4) is 0 Å². The zero-order valence-corrected chi connectivity index (χ0v) is 11.7. The first-order valence-corrected chi connectivity index (χ1v) is 6.94. The van der Waals surface area contributed by atoms with E-state index in [9.17, 15) is 4.79 Å². The van der Waals surface area contributed by atoms with Gasteiger partial charge >= 0.3 is 0 Å². The number of rotatable bonds is 3. The fraction of sp³-hybridized carbons (Fsp3) is 0.235. The number of carbonyl (C=O) groups is 1. The normalized spacial score (nSPS) is 16.7. The lowest BCUT2D eigenvalue weighted by atomic mass is 10.0. The maximum Gasteiger partial charge on any atom is 0.251 e. The molecule has 2 aromatic carbocycles. The van der Waals surface area contributed by atoms with Crippen LogP contribution in [0, 0.1) is 6.92 Å². The molecule has 1 heterocycles. The van der Waals surface area contributed by atoms with Gasteiger partial charge in [-0.3, -0.25) is 4.79 Å². The van der Waals surface area contributed by atoms with Crippen molar-refractivity contribution in [3.05, 3.63) is 59.2 Å². The number of anilines is 2. The Labute approximate surface area is 119 Å². The molecule has 0 aromatic heterocycles. The molecule has 1 amide bonds. The van der Waals surface area contributed by atoms with Crippen LogP contribution in [0.2, 0.25) is 0 Å². The molecule has 0 bridgehead atoms. The van der Waals surface area contributed by atoms with Gasteiger partial charge in [0.2, 0.25) is 0 Å². The summed E-state index contributed by atoms with van der Waals surface area (Å²) in [5, 5.41) is 6.26. The highest BCUT2D eigenvalue weighted by molar-refractivity contribution is 6.04. The molecule has 3 rings (SSSR count). The molecular weight excluding hydrogens is 248 g/mol. The van der Waals surface area contributed by atoms with Gasteiger partial charge in [-0.1, -0.05) is 36.8 Å². The maximum atomic E-state index is 12.1. The molecule has 3 nitrogen and oxygen atoms in total. The average Bonchev–Trinajstić information content (AvgIpc) is 2.75. The Bertz CT molecular complexity index is 664. The minimum Gasteiger partial charge on any atom is -0.370 e. The van der Waals surface area contributed by atoms with Gasteiger partial charge in [0.1, 0.15) is 6.04 Å². The van der Waals surface area contributed by atoms with Crippen molar-refractivity contribution >= 4 is 17.3 Å². The molecule has 102 valence electrons. The molecule has 1 aliphatic rings. The third kappa shape index (κ3) is 2.27. The molecule has 0 radical (unpaired) electrons. The van der Waals surface area contributed by atoms with Crippen molar-refractivity contribution in [3.63, 3.8) is 0 Å². The summed E-state index contributed by atoms with van der Waals surface area (Å²) in [4.78, 5) is 12.1. The number of hydrogen-bond donors (Lipinski definition) is 2. The Morgan fingerprint density at radius 3 is 2.85 bits per heavy atom. The smallest absolute Gasteiger partial charge is 0.251 e. The highest BCUT2D eigenvalue weighted by atomic mass is 16.2. The summed E-state index contributed by atoms with van der Waals surface area (Å²) in [5.74, 6) is 0.00695. The van der Waals surface area contributed by atoms with E-state index in [1.54, 1.807) is 0 Å². The standard InChI is InChI=1S/C17H18N2O/c1-3-12-5-4-6-13(10-12)18-16-14-9-11(2)7-8-15(14)19-17(16)20/h4-10,16,18H,3H2,1-2H3,(H,19,20). The number of benzene rings is 2. The van der Waals surface area contributed by atoms with Gasteiger partial charge in [-0.05, 0) is 37.1 Å². The lowest BCUT2D eigenvalue weighted by molar-refractivity contribution is -0.116. The largest absolute Gasteiger partial charge is 0.370 e. The number of carbonyl (C=O) groups excluding carboxylic acids is 1. The van der Waals surface area contributed by atoms with Gasteiger partial charge < -0.3 is 10.6 Å². The fourth-order valence-electron chi connectivity index (χ4n) is 2.57. The zero-order valence-electron chi connectivity index (χ0n) is 11.7. The summed E-state index contributed by atoms with van der Waals surface area (Å²) < 4.78 is 0. The summed E-state index contributed by atoms with van der Waals surface area (Å²) in [6.45, 7) is 4.16. The monoisotopic (exact) mass is 266 g/mol. The Morgan fingerprint density at radius 1 is 1.20 bits per heavy atom. The van der Waals surface area contributed by atoms with Gasteiger partial charge in [0, 0.05) is 16.9 Å². The van der Waals surface area contributed by atoms with Crippen LogP contribution in [-0.2, 0) is 11.2 Å². The highest BCUT2D eigenvalue weighted by Gasteiger charge is 2.30. The lowest BCUT2D eigenvalue weighted by Gasteiger charge is -2.14. The number of hydrogen-bond acceptors (Lipinski definition) is 2. The molecule has 2 aromatic rings. The van der Waals surface area contributed by atoms with E-state index in [4.69, 9.17) is 0 Å². The summed E-state index contributed by atoms with van der Waals surface area (Å²) in [5.41, 5.74) is 5.34. The van der Waals surface area contributed by atoms with Crippen LogP contribution in [0.3, 0.4) is 0 Å². The van der Waals surface area contributed by atoms with Gasteiger partial charge in [0.05, 0.1) is 0 Å². The van der Waals surface area contributed by atoms with E-state index in [0.29, 0.717) is 0 Å². The van der Waals surface area contributed by atoms with Gasteiger partial charge in [0.25, 0.3) is 5.91 Å². The van der Waals surface area contributed by atoms with Gasteiger partial charge in [0.15, 0.2) is 0 Å². The number of nitrogens with one attached hydrogen (secondary N) is 2. The van der Waals surface area contributed by atoms with Crippen molar-refractivity contribution in [1.82, 2.24) is 0 Å². The van der Waals surface area contributed by atoms with Crippen molar-refractivity contribution in [2.75, 3.05) is 10.6 Å². The van der Waals surface area contributed by atoms with E-state index in [-0.39, 0.29) is 11.9 Å². The molecule has 3 heteroatoms. The molecule has 1 atom stereocenters. The number of aryl methyl sites for hydroxylation is 2. The average molecular weight is 266 g/mol. The second-order valence-corrected chi connectivity index (χ2v) is 5.21. The topological polar surface area (TPSA) is 41.1 Å². The summed E-state index contributed by atoms with van der Waals surface area (Å²) >= 11 is 0. The van der Waals surface area contributed by atoms with E-state index >= 15 is 0 Å². The first kappa shape index (κ1) is 12.7. The Hall–Kier alpha value is -2.29. The fourth-order valence-corrected chi connectivity index (χ4v) is 2.57. The van der Waals surface area contributed by atoms with Crippen LogP contribution >= 0.6 is 0 Å². The Kier molecular flexibility index (Phi) is 3.18. The van der Waals surface area contributed by atoms with Gasteiger partial charge in [-0.25, -0.2) is 0 Å². The predicted molar refractivity (Wildman–Crippen MR) is 82.0 cm³/mol. The van der Waals surface area contributed by atoms with Crippen molar-refractivity contribution < 1.29 is 4.79 Å². The molecule has 2 N–H and O–H groups in total. The van der Waals surface area contributed by atoms with Crippen LogP contribution in [0.25, 0.3) is 0 Å². The summed E-state index contributed by atoms with van der Waals surface area (Å²) in [6.07, 6.45) is 0.988. The molecule has 0 spiro atoms. The van der Waals surface area contributed by atoms with Gasteiger partial charge in [-0.15, -0.1) is 0 Å². The second-order valence-electron chi connectivity index (χ2n) is 5.21. The van der Waals surface area contributed by atoms with Gasteiger partial charge in [-0.2, -0.15) is 0 Å². The molecule has 1 unspecified atom stereocenters. The SMILES string of the molecule is CCc1cccc(NC2C(=O)Nc3ccc(C)cc32)c1. The van der Waals surface area contributed by atoms with E-state index in [1.165, 1.54) is 5.56 Å². The Balaban J connectivity index is 1.91. The van der Waals surface area contributed by atoms with E-state index < -0.39 is 0 Å². The first-order chi connectivity index (χ1) is 9.67. The number of fused-ring (bicyclic) bond motifs is 1. The quantitative estimate of drug-likeness (QED) is 0.890. The van der Waals surface area contributed by atoms with Crippen LogP contribution < -0.4 is 10.6 Å². The lowest BCUT2D eigenvalue weighted by Crippen LogP contribution is -2.19. The zero-order chi connectivity index (χ0) is 14.1. The molecule has 0 saturated heterocycles. The van der Waals surface area contributed by atoms with Crippen LogP contribution in [0.4, 0.5) is 11.4 Å². The molecule has 0 fully saturated rings. The van der Waals surface area contributed by atoms with Crippen molar-refractivity contribution in [1.29, 1.82) is 0 Å². The second kappa shape index (κ2) is 5.00.